The molecule has 0 bridgehead atoms. The molecule has 102 valence electrons. The van der Waals surface area contributed by atoms with Crippen molar-refractivity contribution in [2.24, 2.45) is 5.73 Å². The molecule has 2 N–H and O–H groups in total. The Labute approximate surface area is 113 Å². The topological polar surface area (TPSA) is 62.5 Å². The lowest BCUT2D eigenvalue weighted by Gasteiger charge is -2.45. The van der Waals surface area contributed by atoms with Gasteiger partial charge in [-0.05, 0) is 25.5 Å². The average molecular weight is 260 g/mol. The van der Waals surface area contributed by atoms with Crippen LogP contribution in [0.2, 0.25) is 0 Å². The molecule has 3 heterocycles. The molecule has 0 aromatic carbocycles. The lowest BCUT2D eigenvalue weighted by atomic mass is 9.99. The first-order valence-electron chi connectivity index (χ1n) is 6.98. The summed E-state index contributed by atoms with van der Waals surface area (Å²) in [6.45, 7) is 4.24. The summed E-state index contributed by atoms with van der Waals surface area (Å²) in [6.07, 6.45) is 7.19. The molecule has 2 aliphatic rings. The van der Waals surface area contributed by atoms with Crippen LogP contribution in [0.4, 0.5) is 5.69 Å². The number of nitrogens with two attached hydrogens (primary N) is 1. The third-order valence-corrected chi connectivity index (χ3v) is 4.24. The summed E-state index contributed by atoms with van der Waals surface area (Å²) in [5, 5.41) is 0. The number of nitrogens with zero attached hydrogens (tertiary/aromatic N) is 3. The third kappa shape index (κ3) is 2.42. The molecule has 0 saturated carbocycles. The minimum Gasteiger partial charge on any atom is -0.368 e. The number of aromatic nitrogens is 1. The van der Waals surface area contributed by atoms with Crippen molar-refractivity contribution >= 4 is 11.6 Å². The first kappa shape index (κ1) is 12.4. The summed E-state index contributed by atoms with van der Waals surface area (Å²) >= 11 is 0. The van der Waals surface area contributed by atoms with E-state index in [1.807, 2.05) is 6.07 Å². The molecule has 1 aromatic rings. The molecule has 1 aromatic heterocycles. The number of piperidine rings is 1. The van der Waals surface area contributed by atoms with Gasteiger partial charge in [0.05, 0.1) is 11.3 Å². The van der Waals surface area contributed by atoms with Gasteiger partial charge in [0.15, 0.2) is 0 Å². The van der Waals surface area contributed by atoms with Crippen LogP contribution in [-0.2, 0) is 0 Å². The quantitative estimate of drug-likeness (QED) is 0.856. The van der Waals surface area contributed by atoms with Crippen LogP contribution >= 0.6 is 0 Å². The Morgan fingerprint density at radius 2 is 2.21 bits per heavy atom. The van der Waals surface area contributed by atoms with Gasteiger partial charge in [-0.2, -0.15) is 0 Å². The molecule has 2 aliphatic heterocycles. The molecule has 5 nitrogen and oxygen atoms in total. The number of carbonyl (C=O) groups is 1. The first-order valence-corrected chi connectivity index (χ1v) is 6.98. The van der Waals surface area contributed by atoms with Gasteiger partial charge < -0.3 is 10.6 Å². The Morgan fingerprint density at radius 1 is 1.32 bits per heavy atom. The third-order valence-electron chi connectivity index (χ3n) is 4.24. The molecule has 3 rings (SSSR count). The zero-order valence-corrected chi connectivity index (χ0v) is 11.1. The van der Waals surface area contributed by atoms with Crippen LogP contribution in [-0.4, -0.2) is 48.0 Å². The summed E-state index contributed by atoms with van der Waals surface area (Å²) in [5.74, 6) is -0.394. The van der Waals surface area contributed by atoms with Crippen molar-refractivity contribution in [2.45, 2.75) is 25.3 Å². The largest absolute Gasteiger partial charge is 0.368 e. The Hall–Kier alpha value is -1.62. The Balaban J connectivity index is 1.81. The van der Waals surface area contributed by atoms with E-state index in [4.69, 9.17) is 5.73 Å². The highest BCUT2D eigenvalue weighted by Crippen LogP contribution is 2.26. The molecule has 0 spiro atoms. The maximum Gasteiger partial charge on any atom is 0.252 e. The predicted octanol–water partition coefficient (Wildman–Crippen LogP) is 0.855. The van der Waals surface area contributed by atoms with E-state index in [1.54, 1.807) is 12.4 Å². The van der Waals surface area contributed by atoms with E-state index in [0.717, 1.165) is 25.3 Å². The fraction of sp³-hybridized carbons (Fsp3) is 0.571. The molecule has 2 saturated heterocycles. The number of fused-ring (bicyclic) bond motifs is 1. The summed E-state index contributed by atoms with van der Waals surface area (Å²) < 4.78 is 0. The van der Waals surface area contributed by atoms with Crippen LogP contribution < -0.4 is 10.6 Å². The fourth-order valence-corrected chi connectivity index (χ4v) is 3.23. The lowest BCUT2D eigenvalue weighted by Crippen LogP contribution is -2.55. The number of pyridine rings is 1. The molecular weight excluding hydrogens is 240 g/mol. The maximum absolute atomic E-state index is 11.5. The van der Waals surface area contributed by atoms with E-state index in [9.17, 15) is 4.79 Å². The van der Waals surface area contributed by atoms with E-state index < -0.39 is 5.91 Å². The Kier molecular flexibility index (Phi) is 3.38. The standard InChI is InChI=1S/C14H20N4O/c15-14(19)12-9-16-5-4-13(12)18-8-7-17-6-2-1-3-11(17)10-18/h4-5,9,11H,1-3,6-8,10H2,(H2,15,19). The van der Waals surface area contributed by atoms with Crippen LogP contribution in [0.15, 0.2) is 18.5 Å². The van der Waals surface area contributed by atoms with Crippen LogP contribution in [0.1, 0.15) is 29.6 Å². The van der Waals surface area contributed by atoms with Gasteiger partial charge in [-0.3, -0.25) is 14.7 Å². The van der Waals surface area contributed by atoms with E-state index in [0.29, 0.717) is 11.6 Å². The highest BCUT2D eigenvalue weighted by molar-refractivity contribution is 5.98. The van der Waals surface area contributed by atoms with E-state index in [1.165, 1.54) is 25.8 Å². The number of hydrogen-bond donors (Lipinski definition) is 1. The van der Waals surface area contributed by atoms with Gasteiger partial charge >= 0.3 is 0 Å². The second kappa shape index (κ2) is 5.17. The van der Waals surface area contributed by atoms with Crippen LogP contribution in [0.3, 0.4) is 0 Å². The van der Waals surface area contributed by atoms with E-state index in [-0.39, 0.29) is 0 Å². The van der Waals surface area contributed by atoms with Crippen molar-refractivity contribution in [3.63, 3.8) is 0 Å². The van der Waals surface area contributed by atoms with Gasteiger partial charge in [0.2, 0.25) is 0 Å². The second-order valence-electron chi connectivity index (χ2n) is 5.39. The van der Waals surface area contributed by atoms with Gasteiger partial charge in [0, 0.05) is 38.1 Å². The van der Waals surface area contributed by atoms with Gasteiger partial charge in [0.1, 0.15) is 0 Å². The monoisotopic (exact) mass is 260 g/mol. The number of hydrogen-bond acceptors (Lipinski definition) is 4. The molecule has 1 unspecified atom stereocenters. The molecule has 19 heavy (non-hydrogen) atoms. The zero-order chi connectivity index (χ0) is 13.2. The van der Waals surface area contributed by atoms with Crippen molar-refractivity contribution in [1.29, 1.82) is 0 Å². The summed E-state index contributed by atoms with van der Waals surface area (Å²) in [5.41, 5.74) is 6.91. The minimum atomic E-state index is -0.394. The molecule has 0 radical (unpaired) electrons. The molecule has 1 atom stereocenters. The van der Waals surface area contributed by atoms with Crippen molar-refractivity contribution in [2.75, 3.05) is 31.1 Å². The predicted molar refractivity (Wildman–Crippen MR) is 74.2 cm³/mol. The smallest absolute Gasteiger partial charge is 0.252 e. The molecular formula is C14H20N4O. The zero-order valence-electron chi connectivity index (χ0n) is 11.1. The summed E-state index contributed by atoms with van der Waals surface area (Å²) in [4.78, 5) is 20.4. The second-order valence-corrected chi connectivity index (χ2v) is 5.39. The number of rotatable bonds is 2. The van der Waals surface area contributed by atoms with Crippen LogP contribution in [0.5, 0.6) is 0 Å². The van der Waals surface area contributed by atoms with E-state index >= 15 is 0 Å². The van der Waals surface area contributed by atoms with Crippen molar-refractivity contribution in [3.05, 3.63) is 24.0 Å². The number of primary amides is 1. The summed E-state index contributed by atoms with van der Waals surface area (Å²) in [7, 11) is 0. The normalized spacial score (nSPS) is 24.0. The van der Waals surface area contributed by atoms with Gasteiger partial charge in [-0.15, -0.1) is 0 Å². The van der Waals surface area contributed by atoms with Gasteiger partial charge in [-0.25, -0.2) is 0 Å². The highest BCUT2D eigenvalue weighted by atomic mass is 16.1. The van der Waals surface area contributed by atoms with Crippen LogP contribution in [0.25, 0.3) is 0 Å². The first-order chi connectivity index (χ1) is 9.25. The highest BCUT2D eigenvalue weighted by Gasteiger charge is 2.30. The Bertz CT molecular complexity index is 476. The van der Waals surface area contributed by atoms with Crippen molar-refractivity contribution < 1.29 is 4.79 Å². The number of piperazine rings is 1. The average Bonchev–Trinajstić information content (AvgIpc) is 2.46. The van der Waals surface area contributed by atoms with Crippen molar-refractivity contribution in [3.8, 4) is 0 Å². The van der Waals surface area contributed by atoms with Gasteiger partial charge in [-0.1, -0.05) is 6.42 Å². The number of anilines is 1. The summed E-state index contributed by atoms with van der Waals surface area (Å²) in [6, 6.07) is 2.52. The van der Waals surface area contributed by atoms with Crippen LogP contribution in [0, 0.1) is 0 Å². The SMILES string of the molecule is NC(=O)c1cnccc1N1CCN2CCCCC2C1. The lowest BCUT2D eigenvalue weighted by molar-refractivity contribution is 0.0999. The minimum absolute atomic E-state index is 0.394. The maximum atomic E-state index is 11.5. The van der Waals surface area contributed by atoms with Gasteiger partial charge in [0.25, 0.3) is 5.91 Å². The van der Waals surface area contributed by atoms with Crippen molar-refractivity contribution in [1.82, 2.24) is 9.88 Å². The Morgan fingerprint density at radius 3 is 3.05 bits per heavy atom. The van der Waals surface area contributed by atoms with E-state index in [2.05, 4.69) is 14.8 Å². The number of amides is 1. The number of carbonyl (C=O) groups excluding carboxylic acids is 1. The fourth-order valence-electron chi connectivity index (χ4n) is 3.23. The molecule has 2 fully saturated rings. The molecule has 1 amide bonds. The molecule has 5 heteroatoms. The molecule has 0 aliphatic carbocycles.